The van der Waals surface area contributed by atoms with E-state index < -0.39 is 0 Å². The van der Waals surface area contributed by atoms with Crippen LogP contribution in [0.1, 0.15) is 45.4 Å². The predicted molar refractivity (Wildman–Crippen MR) is 113 cm³/mol. The molecule has 0 unspecified atom stereocenters. The maximum absolute atomic E-state index is 13.3. The van der Waals surface area contributed by atoms with Gasteiger partial charge in [0.05, 0.1) is 11.4 Å². The number of pyridine rings is 1. The van der Waals surface area contributed by atoms with Crippen molar-refractivity contribution in [1.82, 2.24) is 20.1 Å². The molecule has 2 N–H and O–H groups in total. The minimum absolute atomic E-state index is 0.154. The summed E-state index contributed by atoms with van der Waals surface area (Å²) in [5, 5.41) is 8.96. The Labute approximate surface area is 170 Å². The van der Waals surface area contributed by atoms with Crippen LogP contribution in [0.3, 0.4) is 0 Å². The Morgan fingerprint density at radius 3 is 2.62 bits per heavy atom. The molecule has 0 spiro atoms. The van der Waals surface area contributed by atoms with Gasteiger partial charge in [-0.3, -0.25) is 4.79 Å². The summed E-state index contributed by atoms with van der Waals surface area (Å²) in [5.74, 6) is -0.313. The van der Waals surface area contributed by atoms with Gasteiger partial charge < -0.3 is 15.0 Å². The summed E-state index contributed by atoms with van der Waals surface area (Å²) in [7, 11) is 0. The van der Waals surface area contributed by atoms with Crippen LogP contribution in [0.25, 0.3) is 16.7 Å². The van der Waals surface area contributed by atoms with Crippen molar-refractivity contribution in [1.29, 1.82) is 0 Å². The van der Waals surface area contributed by atoms with Gasteiger partial charge in [0.15, 0.2) is 0 Å². The molecule has 6 nitrogen and oxygen atoms in total. The van der Waals surface area contributed by atoms with Crippen molar-refractivity contribution in [3.8, 4) is 5.69 Å². The quantitative estimate of drug-likeness (QED) is 0.566. The van der Waals surface area contributed by atoms with Crippen molar-refractivity contribution in [2.75, 3.05) is 19.8 Å². The normalized spacial score (nSPS) is 12.0. The summed E-state index contributed by atoms with van der Waals surface area (Å²) in [6, 6.07) is 7.99. The van der Waals surface area contributed by atoms with Gasteiger partial charge in [-0.15, -0.1) is 0 Å². The smallest absolute Gasteiger partial charge is 0.254 e. The van der Waals surface area contributed by atoms with E-state index in [-0.39, 0.29) is 16.8 Å². The maximum atomic E-state index is 13.3. The number of nitrogens with zero attached hydrogens (tertiary/aromatic N) is 2. The highest BCUT2D eigenvalue weighted by Crippen LogP contribution is 2.29. The molecule has 0 amide bonds. The van der Waals surface area contributed by atoms with Crippen LogP contribution in [0.2, 0.25) is 0 Å². The molecule has 1 aromatic carbocycles. The Hall–Kier alpha value is -2.51. The van der Waals surface area contributed by atoms with Crippen molar-refractivity contribution in [2.24, 2.45) is 0 Å². The molecule has 2 aromatic heterocycles. The molecular weight excluding hydrogens is 371 g/mol. The number of hydrogen-bond donors (Lipinski definition) is 2. The maximum Gasteiger partial charge on any atom is 0.254 e. The second kappa shape index (κ2) is 8.88. The van der Waals surface area contributed by atoms with E-state index in [1.807, 2.05) is 13.0 Å². The number of ether oxygens (including phenoxy) is 1. The SMILES string of the molecule is CCOCCCNCc1cc2c(C(C)(C)C)nn(-c3ccc(F)cc3)c2[nH]c1=O. The van der Waals surface area contributed by atoms with Crippen molar-refractivity contribution >= 4 is 11.0 Å². The highest BCUT2D eigenvalue weighted by Gasteiger charge is 2.24. The number of aromatic amines is 1. The number of rotatable bonds is 8. The Morgan fingerprint density at radius 2 is 1.97 bits per heavy atom. The van der Waals surface area contributed by atoms with Gasteiger partial charge in [0, 0.05) is 36.1 Å². The van der Waals surface area contributed by atoms with E-state index in [4.69, 9.17) is 9.84 Å². The van der Waals surface area contributed by atoms with Gasteiger partial charge in [0.2, 0.25) is 0 Å². The first-order chi connectivity index (χ1) is 13.8. The van der Waals surface area contributed by atoms with E-state index in [2.05, 4.69) is 31.1 Å². The number of benzene rings is 1. The second-order valence-electron chi connectivity index (χ2n) is 8.10. The number of halogens is 1. The van der Waals surface area contributed by atoms with Crippen LogP contribution in [0.5, 0.6) is 0 Å². The summed E-state index contributed by atoms with van der Waals surface area (Å²) < 4.78 is 20.3. The van der Waals surface area contributed by atoms with Crippen LogP contribution in [0.4, 0.5) is 4.39 Å². The zero-order valence-electron chi connectivity index (χ0n) is 17.5. The zero-order valence-corrected chi connectivity index (χ0v) is 17.5. The fraction of sp³-hybridized carbons (Fsp3) is 0.455. The minimum atomic E-state index is -0.313. The summed E-state index contributed by atoms with van der Waals surface area (Å²) in [4.78, 5) is 15.7. The van der Waals surface area contributed by atoms with Gasteiger partial charge in [-0.05, 0) is 50.2 Å². The van der Waals surface area contributed by atoms with Crippen LogP contribution in [-0.4, -0.2) is 34.5 Å². The molecule has 7 heteroatoms. The summed E-state index contributed by atoms with van der Waals surface area (Å²) in [6.07, 6.45) is 0.893. The zero-order chi connectivity index (χ0) is 21.0. The average molecular weight is 400 g/mol. The molecule has 0 radical (unpaired) electrons. The Balaban J connectivity index is 1.96. The third kappa shape index (κ3) is 4.92. The lowest BCUT2D eigenvalue weighted by Gasteiger charge is -2.15. The first-order valence-corrected chi connectivity index (χ1v) is 10.0. The highest BCUT2D eigenvalue weighted by molar-refractivity contribution is 5.81. The van der Waals surface area contributed by atoms with E-state index >= 15 is 0 Å². The lowest BCUT2D eigenvalue weighted by Crippen LogP contribution is -2.23. The first-order valence-electron chi connectivity index (χ1n) is 10.0. The molecule has 0 aliphatic carbocycles. The predicted octanol–water partition coefficient (Wildman–Crippen LogP) is 3.67. The van der Waals surface area contributed by atoms with E-state index in [1.165, 1.54) is 12.1 Å². The molecule has 0 saturated carbocycles. The van der Waals surface area contributed by atoms with Crippen LogP contribution >= 0.6 is 0 Å². The lowest BCUT2D eigenvalue weighted by molar-refractivity contribution is 0.144. The third-order valence-electron chi connectivity index (χ3n) is 4.71. The number of hydrogen-bond acceptors (Lipinski definition) is 4. The number of fused-ring (bicyclic) bond motifs is 1. The number of H-pyrrole nitrogens is 1. The fourth-order valence-electron chi connectivity index (χ4n) is 3.24. The summed E-state index contributed by atoms with van der Waals surface area (Å²) in [5.41, 5.74) is 2.49. The van der Waals surface area contributed by atoms with Crippen molar-refractivity contribution in [3.63, 3.8) is 0 Å². The highest BCUT2D eigenvalue weighted by atomic mass is 19.1. The molecule has 0 bridgehead atoms. The Morgan fingerprint density at radius 1 is 1.24 bits per heavy atom. The molecule has 0 aliphatic heterocycles. The molecule has 0 atom stereocenters. The minimum Gasteiger partial charge on any atom is -0.382 e. The summed E-state index contributed by atoms with van der Waals surface area (Å²) >= 11 is 0. The van der Waals surface area contributed by atoms with Crippen LogP contribution < -0.4 is 10.9 Å². The Bertz CT molecular complexity index is 1020. The van der Waals surface area contributed by atoms with Crippen LogP contribution in [0, 0.1) is 5.82 Å². The molecule has 29 heavy (non-hydrogen) atoms. The second-order valence-corrected chi connectivity index (χ2v) is 8.10. The molecule has 0 aliphatic rings. The molecular formula is C22H29FN4O2. The van der Waals surface area contributed by atoms with Gasteiger partial charge in [0.25, 0.3) is 5.56 Å². The molecule has 3 rings (SSSR count). The number of aromatic nitrogens is 3. The van der Waals surface area contributed by atoms with Gasteiger partial charge in [-0.25, -0.2) is 9.07 Å². The largest absolute Gasteiger partial charge is 0.382 e. The Kier molecular flexibility index (Phi) is 6.49. The van der Waals surface area contributed by atoms with E-state index in [1.54, 1.807) is 16.8 Å². The molecule has 2 heterocycles. The monoisotopic (exact) mass is 400 g/mol. The lowest BCUT2D eigenvalue weighted by atomic mass is 9.90. The van der Waals surface area contributed by atoms with E-state index in [0.29, 0.717) is 36.7 Å². The molecule has 0 fully saturated rings. The van der Waals surface area contributed by atoms with Crippen molar-refractivity contribution in [3.05, 3.63) is 57.8 Å². The van der Waals surface area contributed by atoms with E-state index in [9.17, 15) is 9.18 Å². The fourth-order valence-corrected chi connectivity index (χ4v) is 3.24. The standard InChI is InChI=1S/C22H29FN4O2/c1-5-29-12-6-11-24-14-15-13-18-19(22(2,3)4)26-27(20(18)25-21(15)28)17-9-7-16(23)8-10-17/h7-10,13,24H,5-6,11-12,14H2,1-4H3,(H,25,28). The molecule has 156 valence electrons. The first kappa shape index (κ1) is 21.2. The van der Waals surface area contributed by atoms with Gasteiger partial charge >= 0.3 is 0 Å². The topological polar surface area (TPSA) is 71.9 Å². The molecule has 3 aromatic rings. The van der Waals surface area contributed by atoms with Crippen LogP contribution in [0.15, 0.2) is 35.1 Å². The average Bonchev–Trinajstić information content (AvgIpc) is 3.04. The van der Waals surface area contributed by atoms with Gasteiger partial charge in [-0.1, -0.05) is 20.8 Å². The summed E-state index contributed by atoms with van der Waals surface area (Å²) in [6.45, 7) is 10.9. The van der Waals surface area contributed by atoms with Crippen LogP contribution in [-0.2, 0) is 16.7 Å². The number of nitrogens with one attached hydrogen (secondary N) is 2. The van der Waals surface area contributed by atoms with E-state index in [0.717, 1.165) is 24.0 Å². The molecule has 0 saturated heterocycles. The van der Waals surface area contributed by atoms with Gasteiger partial charge in [0.1, 0.15) is 11.5 Å². The van der Waals surface area contributed by atoms with Crippen molar-refractivity contribution in [2.45, 2.75) is 46.1 Å². The van der Waals surface area contributed by atoms with Crippen molar-refractivity contribution < 1.29 is 9.13 Å². The third-order valence-corrected chi connectivity index (χ3v) is 4.71. The van der Waals surface area contributed by atoms with Gasteiger partial charge in [-0.2, -0.15) is 5.10 Å².